The Labute approximate surface area is 187 Å². The van der Waals surface area contributed by atoms with Crippen LogP contribution in [0.5, 0.6) is 0 Å². The number of anilines is 1. The highest BCUT2D eigenvalue weighted by Gasteiger charge is 2.39. The van der Waals surface area contributed by atoms with Crippen LogP contribution in [0.3, 0.4) is 0 Å². The highest BCUT2D eigenvalue weighted by Crippen LogP contribution is 2.42. The third-order valence-electron chi connectivity index (χ3n) is 5.14. The minimum absolute atomic E-state index is 0.0833. The van der Waals surface area contributed by atoms with E-state index in [-0.39, 0.29) is 21.7 Å². The summed E-state index contributed by atoms with van der Waals surface area (Å²) in [6, 6.07) is 14.5. The zero-order chi connectivity index (χ0) is 23.5. The Hall–Kier alpha value is -3.59. The number of sulfonamides is 1. The predicted octanol–water partition coefficient (Wildman–Crippen LogP) is 3.07. The maximum atomic E-state index is 13.0. The van der Waals surface area contributed by atoms with Crippen molar-refractivity contribution in [2.45, 2.75) is 24.7 Å². The second-order valence-corrected chi connectivity index (χ2v) is 8.81. The maximum Gasteiger partial charge on any atom is 0.336 e. The fourth-order valence-electron chi connectivity index (χ4n) is 3.71. The van der Waals surface area contributed by atoms with Gasteiger partial charge in [-0.2, -0.15) is 0 Å². The van der Waals surface area contributed by atoms with E-state index in [4.69, 9.17) is 9.47 Å². The summed E-state index contributed by atoms with van der Waals surface area (Å²) in [7, 11) is -1.43. The molecule has 0 fully saturated rings. The lowest BCUT2D eigenvalue weighted by molar-refractivity contribution is -0.137. The van der Waals surface area contributed by atoms with Crippen LogP contribution < -0.4 is 10.0 Å². The van der Waals surface area contributed by atoms with Crippen LogP contribution in [0, 0.1) is 0 Å². The van der Waals surface area contributed by atoms with E-state index in [2.05, 4.69) is 10.0 Å². The number of ether oxygens (including phenoxy) is 2. The van der Waals surface area contributed by atoms with E-state index in [1.807, 2.05) is 0 Å². The number of dihydropyridines is 1. The molecule has 0 radical (unpaired) electrons. The number of methoxy groups -OCH3 is 2. The third kappa shape index (κ3) is 4.38. The molecule has 9 heteroatoms. The molecule has 2 aromatic rings. The first kappa shape index (κ1) is 23.1. The number of para-hydroxylation sites is 1. The predicted molar refractivity (Wildman–Crippen MR) is 119 cm³/mol. The lowest BCUT2D eigenvalue weighted by atomic mass is 9.80. The molecule has 2 N–H and O–H groups in total. The van der Waals surface area contributed by atoms with Gasteiger partial charge in [0.2, 0.25) is 0 Å². The van der Waals surface area contributed by atoms with E-state index in [0.29, 0.717) is 17.0 Å². The molecule has 1 aliphatic rings. The molecule has 0 saturated carbocycles. The summed E-state index contributed by atoms with van der Waals surface area (Å²) < 4.78 is 38.5. The first-order valence-electron chi connectivity index (χ1n) is 9.73. The molecule has 0 aromatic heterocycles. The van der Waals surface area contributed by atoms with Gasteiger partial charge >= 0.3 is 11.9 Å². The fraction of sp³-hybridized carbons (Fsp3) is 0.217. The molecule has 1 aliphatic heterocycles. The fourth-order valence-corrected chi connectivity index (χ4v) is 4.82. The van der Waals surface area contributed by atoms with Crippen molar-refractivity contribution >= 4 is 27.6 Å². The maximum absolute atomic E-state index is 13.0. The highest BCUT2D eigenvalue weighted by atomic mass is 32.2. The number of allylic oxidation sites excluding steroid dienone is 2. The lowest BCUT2D eigenvalue weighted by Gasteiger charge is -2.31. The van der Waals surface area contributed by atoms with Crippen LogP contribution in [0.4, 0.5) is 5.69 Å². The average Bonchev–Trinajstić information content (AvgIpc) is 2.78. The normalized spacial score (nSPS) is 14.6. The van der Waals surface area contributed by atoms with Crippen LogP contribution in [-0.2, 0) is 29.1 Å². The van der Waals surface area contributed by atoms with Gasteiger partial charge in [-0.15, -0.1) is 0 Å². The molecule has 2 aromatic carbocycles. The van der Waals surface area contributed by atoms with E-state index in [0.717, 1.165) is 0 Å². The van der Waals surface area contributed by atoms with Gasteiger partial charge in [0.1, 0.15) is 0 Å². The van der Waals surface area contributed by atoms with E-state index in [9.17, 15) is 18.0 Å². The summed E-state index contributed by atoms with van der Waals surface area (Å²) in [6.45, 7) is 3.38. The third-order valence-corrected chi connectivity index (χ3v) is 6.52. The molecule has 32 heavy (non-hydrogen) atoms. The number of carbonyl (C=O) groups excluding carboxylic acids is 2. The molecular formula is C23H24N2O6S. The molecule has 1 heterocycles. The van der Waals surface area contributed by atoms with Crippen molar-refractivity contribution in [3.05, 3.63) is 82.7 Å². The monoisotopic (exact) mass is 456 g/mol. The molecule has 0 unspecified atom stereocenters. The number of hydrogen-bond donors (Lipinski definition) is 2. The molecule has 3 rings (SSSR count). The molecule has 0 saturated heterocycles. The highest BCUT2D eigenvalue weighted by molar-refractivity contribution is 7.92. The van der Waals surface area contributed by atoms with Gasteiger partial charge in [0.05, 0.1) is 41.9 Å². The van der Waals surface area contributed by atoms with Crippen molar-refractivity contribution in [1.82, 2.24) is 5.32 Å². The van der Waals surface area contributed by atoms with Gasteiger partial charge in [0.25, 0.3) is 10.0 Å². The summed E-state index contributed by atoms with van der Waals surface area (Å²) in [4.78, 5) is 25.5. The molecular weight excluding hydrogens is 432 g/mol. The van der Waals surface area contributed by atoms with Gasteiger partial charge in [-0.25, -0.2) is 18.0 Å². The van der Waals surface area contributed by atoms with E-state index in [1.54, 1.807) is 56.3 Å². The van der Waals surface area contributed by atoms with Gasteiger partial charge in [0.15, 0.2) is 0 Å². The van der Waals surface area contributed by atoms with Crippen LogP contribution in [0.15, 0.2) is 82.0 Å². The quantitative estimate of drug-likeness (QED) is 0.643. The second-order valence-electron chi connectivity index (χ2n) is 7.12. The Morgan fingerprint density at radius 2 is 1.34 bits per heavy atom. The Morgan fingerprint density at radius 1 is 0.844 bits per heavy atom. The van der Waals surface area contributed by atoms with Crippen LogP contribution in [0.2, 0.25) is 0 Å². The Morgan fingerprint density at radius 3 is 1.88 bits per heavy atom. The van der Waals surface area contributed by atoms with Gasteiger partial charge in [-0.1, -0.05) is 36.4 Å². The second kappa shape index (κ2) is 9.27. The number of hydrogen-bond acceptors (Lipinski definition) is 7. The smallest absolute Gasteiger partial charge is 0.336 e. The van der Waals surface area contributed by atoms with Crippen LogP contribution in [0.1, 0.15) is 25.3 Å². The Kier molecular flexibility index (Phi) is 6.69. The van der Waals surface area contributed by atoms with Gasteiger partial charge in [0, 0.05) is 11.4 Å². The first-order chi connectivity index (χ1) is 15.2. The molecule has 0 aliphatic carbocycles. The van der Waals surface area contributed by atoms with Crippen molar-refractivity contribution in [1.29, 1.82) is 0 Å². The van der Waals surface area contributed by atoms with E-state index >= 15 is 0 Å². The first-order valence-corrected chi connectivity index (χ1v) is 11.2. The lowest BCUT2D eigenvalue weighted by Crippen LogP contribution is -2.32. The minimum atomic E-state index is -3.92. The summed E-state index contributed by atoms with van der Waals surface area (Å²) in [6.07, 6.45) is 0. The van der Waals surface area contributed by atoms with Crippen LogP contribution >= 0.6 is 0 Å². The number of nitrogens with one attached hydrogen (secondary N) is 2. The van der Waals surface area contributed by atoms with Crippen LogP contribution in [0.25, 0.3) is 0 Å². The molecule has 0 atom stereocenters. The van der Waals surface area contributed by atoms with E-state index < -0.39 is 27.9 Å². The van der Waals surface area contributed by atoms with Gasteiger partial charge in [-0.05, 0) is 37.6 Å². The molecule has 168 valence electrons. The standard InChI is InChI=1S/C23H24N2O6S/c1-14-19(22(26)30-3)21(20(15(2)24-14)23(27)31-4)17-12-8-9-13-18(17)25-32(28,29)16-10-6-5-7-11-16/h5-13,21,24-25H,1-4H3. The topological polar surface area (TPSA) is 111 Å². The number of carbonyl (C=O) groups is 2. The summed E-state index contributed by atoms with van der Waals surface area (Å²) in [5.41, 5.74) is 2.00. The van der Waals surface area contributed by atoms with Crippen molar-refractivity contribution in [3.8, 4) is 0 Å². The zero-order valence-electron chi connectivity index (χ0n) is 18.1. The SMILES string of the molecule is COC(=O)C1=C(C)NC(C)=C(C(=O)OC)C1c1ccccc1NS(=O)(=O)c1ccccc1. The number of rotatable bonds is 6. The molecule has 0 bridgehead atoms. The van der Waals surface area contributed by atoms with Crippen molar-refractivity contribution in [2.24, 2.45) is 0 Å². The number of esters is 2. The van der Waals surface area contributed by atoms with Crippen molar-refractivity contribution < 1.29 is 27.5 Å². The number of benzene rings is 2. The molecule has 8 nitrogen and oxygen atoms in total. The largest absolute Gasteiger partial charge is 0.466 e. The Bertz CT molecular complexity index is 1180. The Balaban J connectivity index is 2.20. The minimum Gasteiger partial charge on any atom is -0.466 e. The van der Waals surface area contributed by atoms with Crippen molar-refractivity contribution in [2.75, 3.05) is 18.9 Å². The van der Waals surface area contributed by atoms with Gasteiger partial charge < -0.3 is 14.8 Å². The van der Waals surface area contributed by atoms with Crippen LogP contribution in [-0.4, -0.2) is 34.6 Å². The summed E-state index contributed by atoms with van der Waals surface area (Å²) in [5.74, 6) is -2.20. The van der Waals surface area contributed by atoms with Crippen molar-refractivity contribution in [3.63, 3.8) is 0 Å². The van der Waals surface area contributed by atoms with Gasteiger partial charge in [-0.3, -0.25) is 4.72 Å². The summed E-state index contributed by atoms with van der Waals surface area (Å²) >= 11 is 0. The zero-order valence-corrected chi connectivity index (χ0v) is 18.9. The van der Waals surface area contributed by atoms with E-state index in [1.165, 1.54) is 26.4 Å². The average molecular weight is 457 g/mol. The summed E-state index contributed by atoms with van der Waals surface area (Å²) in [5, 5.41) is 3.02. The molecule has 0 spiro atoms. The molecule has 0 amide bonds.